The van der Waals surface area contributed by atoms with E-state index in [1.807, 2.05) is 0 Å². The number of carbonyl (C=O) groups excluding carboxylic acids is 1. The fourth-order valence-corrected chi connectivity index (χ4v) is 2.10. The van der Waals surface area contributed by atoms with E-state index >= 15 is 0 Å². The number of amides is 1. The van der Waals surface area contributed by atoms with Crippen LogP contribution >= 0.6 is 0 Å². The van der Waals surface area contributed by atoms with Gasteiger partial charge in [0.25, 0.3) is 0 Å². The minimum absolute atomic E-state index is 0.249. The Morgan fingerprint density at radius 2 is 1.73 bits per heavy atom. The summed E-state index contributed by atoms with van der Waals surface area (Å²) in [4.78, 5) is 23.6. The summed E-state index contributed by atoms with van der Waals surface area (Å²) in [5.74, 6) is -1.31. The van der Waals surface area contributed by atoms with Crippen LogP contribution < -0.4 is 0 Å². The molecule has 1 saturated carbocycles. The first-order valence-corrected chi connectivity index (χ1v) is 5.58. The molecule has 0 bridgehead atoms. The van der Waals surface area contributed by atoms with E-state index in [4.69, 9.17) is 5.11 Å². The fourth-order valence-electron chi connectivity index (χ4n) is 2.10. The van der Waals surface area contributed by atoms with Gasteiger partial charge < -0.3 is 10.0 Å². The minimum atomic E-state index is -1.04. The Labute approximate surface area is 90.3 Å². The lowest BCUT2D eigenvalue weighted by Gasteiger charge is -2.26. The van der Waals surface area contributed by atoms with Gasteiger partial charge in [-0.3, -0.25) is 9.59 Å². The first-order chi connectivity index (χ1) is 7.11. The average molecular weight is 213 g/mol. The molecule has 0 radical (unpaired) electrons. The maximum Gasteiger partial charge on any atom is 0.312 e. The highest BCUT2D eigenvalue weighted by molar-refractivity contribution is 5.93. The number of carbonyl (C=O) groups is 2. The van der Waals surface area contributed by atoms with Crippen LogP contribution in [0.1, 0.15) is 44.9 Å². The molecule has 0 saturated heterocycles. The lowest BCUT2D eigenvalue weighted by Crippen LogP contribution is -2.37. The molecule has 86 valence electrons. The molecule has 1 aliphatic carbocycles. The van der Waals surface area contributed by atoms with Crippen LogP contribution in [-0.2, 0) is 9.59 Å². The molecule has 1 amide bonds. The lowest BCUT2D eigenvalue weighted by atomic mass is 10.1. The summed E-state index contributed by atoms with van der Waals surface area (Å²) in [6.07, 6.45) is 6.41. The summed E-state index contributed by atoms with van der Waals surface area (Å²) in [7, 11) is 1.72. The number of hydrogen-bond donors (Lipinski definition) is 1. The normalized spacial score (nSPS) is 18.2. The van der Waals surface area contributed by atoms with Gasteiger partial charge >= 0.3 is 5.97 Å². The number of carboxylic acids is 1. The highest BCUT2D eigenvalue weighted by Gasteiger charge is 2.22. The summed E-state index contributed by atoms with van der Waals surface area (Å²) in [5.41, 5.74) is 0. The number of rotatable bonds is 3. The molecule has 0 unspecified atom stereocenters. The Morgan fingerprint density at radius 3 is 2.20 bits per heavy atom. The first kappa shape index (κ1) is 12.0. The van der Waals surface area contributed by atoms with Crippen LogP contribution in [-0.4, -0.2) is 35.0 Å². The third-order valence-electron chi connectivity index (χ3n) is 3.07. The highest BCUT2D eigenvalue weighted by atomic mass is 16.4. The molecule has 1 aliphatic rings. The van der Waals surface area contributed by atoms with Gasteiger partial charge in [-0.2, -0.15) is 0 Å². The van der Waals surface area contributed by atoms with Crippen LogP contribution in [0.5, 0.6) is 0 Å². The molecule has 1 rings (SSSR count). The second-order valence-corrected chi connectivity index (χ2v) is 4.22. The molecule has 0 aliphatic heterocycles. The monoisotopic (exact) mass is 213 g/mol. The third-order valence-corrected chi connectivity index (χ3v) is 3.07. The van der Waals surface area contributed by atoms with E-state index in [9.17, 15) is 9.59 Å². The van der Waals surface area contributed by atoms with E-state index in [-0.39, 0.29) is 18.4 Å². The molecule has 4 heteroatoms. The second-order valence-electron chi connectivity index (χ2n) is 4.22. The molecule has 0 aromatic carbocycles. The highest BCUT2D eigenvalue weighted by Crippen LogP contribution is 2.21. The Bertz CT molecular complexity index is 232. The zero-order valence-electron chi connectivity index (χ0n) is 9.24. The molecule has 0 aromatic rings. The SMILES string of the molecule is CN(C(=O)CC(=O)O)C1CCCCCC1. The van der Waals surface area contributed by atoms with E-state index in [0.717, 1.165) is 25.7 Å². The molecular weight excluding hydrogens is 194 g/mol. The van der Waals surface area contributed by atoms with Crippen LogP contribution in [0.3, 0.4) is 0 Å². The van der Waals surface area contributed by atoms with Crippen LogP contribution in [0.15, 0.2) is 0 Å². The number of aliphatic carboxylic acids is 1. The zero-order chi connectivity index (χ0) is 11.3. The fraction of sp³-hybridized carbons (Fsp3) is 0.818. The van der Waals surface area contributed by atoms with Gasteiger partial charge in [0, 0.05) is 13.1 Å². The van der Waals surface area contributed by atoms with Crippen molar-refractivity contribution >= 4 is 11.9 Å². The van der Waals surface area contributed by atoms with Gasteiger partial charge in [0.05, 0.1) is 0 Å². The van der Waals surface area contributed by atoms with Gasteiger partial charge in [0.1, 0.15) is 6.42 Å². The van der Waals surface area contributed by atoms with Crippen molar-refractivity contribution in [3.05, 3.63) is 0 Å². The molecule has 0 heterocycles. The summed E-state index contributed by atoms with van der Waals surface area (Å²) in [6.45, 7) is 0. The molecule has 0 spiro atoms. The second kappa shape index (κ2) is 5.73. The van der Waals surface area contributed by atoms with Gasteiger partial charge in [-0.25, -0.2) is 0 Å². The maximum atomic E-state index is 11.5. The van der Waals surface area contributed by atoms with Gasteiger partial charge in [-0.05, 0) is 12.8 Å². The lowest BCUT2D eigenvalue weighted by molar-refractivity contribution is -0.144. The zero-order valence-corrected chi connectivity index (χ0v) is 9.24. The van der Waals surface area contributed by atoms with Crippen molar-refractivity contribution in [1.82, 2.24) is 4.90 Å². The first-order valence-electron chi connectivity index (χ1n) is 5.58. The van der Waals surface area contributed by atoms with Crippen molar-refractivity contribution in [3.63, 3.8) is 0 Å². The van der Waals surface area contributed by atoms with Crippen molar-refractivity contribution in [1.29, 1.82) is 0 Å². The predicted octanol–water partition coefficient (Wildman–Crippen LogP) is 1.64. The van der Waals surface area contributed by atoms with E-state index < -0.39 is 5.97 Å². The summed E-state index contributed by atoms with van der Waals surface area (Å²) in [6, 6.07) is 0.249. The van der Waals surface area contributed by atoms with Crippen LogP contribution in [0.2, 0.25) is 0 Å². The summed E-state index contributed by atoms with van der Waals surface area (Å²) in [5, 5.41) is 8.54. The number of carboxylic acid groups (broad SMARTS) is 1. The molecular formula is C11H19NO3. The standard InChI is InChI=1S/C11H19NO3/c1-12(10(13)8-11(14)15)9-6-4-2-3-5-7-9/h9H,2-8H2,1H3,(H,14,15). The van der Waals surface area contributed by atoms with Crippen molar-refractivity contribution in [2.75, 3.05) is 7.05 Å². The van der Waals surface area contributed by atoms with Crippen LogP contribution in [0, 0.1) is 0 Å². The van der Waals surface area contributed by atoms with E-state index in [2.05, 4.69) is 0 Å². The van der Waals surface area contributed by atoms with Crippen molar-refractivity contribution in [2.24, 2.45) is 0 Å². The van der Waals surface area contributed by atoms with E-state index in [1.54, 1.807) is 11.9 Å². The Morgan fingerprint density at radius 1 is 1.20 bits per heavy atom. The molecule has 0 atom stereocenters. The Kier molecular flexibility index (Phi) is 4.59. The summed E-state index contributed by atoms with van der Waals surface area (Å²) < 4.78 is 0. The molecule has 0 aromatic heterocycles. The smallest absolute Gasteiger partial charge is 0.312 e. The summed E-state index contributed by atoms with van der Waals surface area (Å²) >= 11 is 0. The van der Waals surface area contributed by atoms with Crippen LogP contribution in [0.25, 0.3) is 0 Å². The largest absolute Gasteiger partial charge is 0.481 e. The van der Waals surface area contributed by atoms with Gasteiger partial charge in [-0.15, -0.1) is 0 Å². The quantitative estimate of drug-likeness (QED) is 0.572. The van der Waals surface area contributed by atoms with E-state index in [0.29, 0.717) is 0 Å². The minimum Gasteiger partial charge on any atom is -0.481 e. The van der Waals surface area contributed by atoms with Gasteiger partial charge in [-0.1, -0.05) is 25.7 Å². The molecule has 1 fully saturated rings. The van der Waals surface area contributed by atoms with Crippen LogP contribution in [0.4, 0.5) is 0 Å². The maximum absolute atomic E-state index is 11.5. The van der Waals surface area contributed by atoms with Crippen molar-refractivity contribution < 1.29 is 14.7 Å². The Balaban J connectivity index is 2.46. The molecule has 1 N–H and O–H groups in total. The molecule has 15 heavy (non-hydrogen) atoms. The predicted molar refractivity (Wildman–Crippen MR) is 56.5 cm³/mol. The average Bonchev–Trinajstić information content (AvgIpc) is 2.43. The number of nitrogens with zero attached hydrogens (tertiary/aromatic N) is 1. The Hall–Kier alpha value is -1.06. The molecule has 4 nitrogen and oxygen atoms in total. The van der Waals surface area contributed by atoms with Crippen molar-refractivity contribution in [3.8, 4) is 0 Å². The third kappa shape index (κ3) is 3.90. The van der Waals surface area contributed by atoms with Gasteiger partial charge in [0.15, 0.2) is 0 Å². The van der Waals surface area contributed by atoms with Gasteiger partial charge in [0.2, 0.25) is 5.91 Å². The topological polar surface area (TPSA) is 57.6 Å². The van der Waals surface area contributed by atoms with E-state index in [1.165, 1.54) is 12.8 Å². The van der Waals surface area contributed by atoms with Crippen molar-refractivity contribution in [2.45, 2.75) is 51.0 Å². The number of hydrogen-bond acceptors (Lipinski definition) is 2.